The molecule has 0 bridgehead atoms. The van der Waals surface area contributed by atoms with E-state index in [1.165, 1.54) is 29.5 Å². The topological polar surface area (TPSA) is 46.4 Å². The second-order valence-corrected chi connectivity index (χ2v) is 7.42. The molecule has 4 nitrogen and oxygen atoms in total. The number of aromatic nitrogens is 2. The highest BCUT2D eigenvalue weighted by molar-refractivity contribution is 7.17. The normalized spacial score (nSPS) is 11.4. The monoisotopic (exact) mass is 391 g/mol. The number of nitrogens with zero attached hydrogens (tertiary/aromatic N) is 2. The lowest BCUT2D eigenvalue weighted by molar-refractivity contribution is -0.116. The van der Waals surface area contributed by atoms with Crippen molar-refractivity contribution in [2.75, 3.05) is 0 Å². The van der Waals surface area contributed by atoms with E-state index in [2.05, 4.69) is 10.3 Å². The van der Waals surface area contributed by atoms with E-state index in [1.807, 2.05) is 47.9 Å². The number of halogens is 1. The Kier molecular flexibility index (Phi) is 5.04. The quantitative estimate of drug-likeness (QED) is 0.495. The van der Waals surface area contributed by atoms with Crippen LogP contribution in [0.3, 0.4) is 0 Å². The minimum Gasteiger partial charge on any atom is -0.348 e. The van der Waals surface area contributed by atoms with E-state index in [0.29, 0.717) is 6.54 Å². The van der Waals surface area contributed by atoms with Crippen molar-refractivity contribution in [3.63, 3.8) is 0 Å². The summed E-state index contributed by atoms with van der Waals surface area (Å²) in [5.41, 5.74) is 3.69. The number of imidazole rings is 1. The van der Waals surface area contributed by atoms with Gasteiger partial charge in [0.15, 0.2) is 4.96 Å². The van der Waals surface area contributed by atoms with E-state index in [-0.39, 0.29) is 11.7 Å². The third kappa shape index (κ3) is 3.87. The van der Waals surface area contributed by atoms with Crippen LogP contribution in [0.2, 0.25) is 0 Å². The lowest BCUT2D eigenvalue weighted by atomic mass is 10.2. The molecule has 4 rings (SSSR count). The fourth-order valence-corrected chi connectivity index (χ4v) is 3.92. The van der Waals surface area contributed by atoms with E-state index in [4.69, 9.17) is 0 Å². The summed E-state index contributed by atoms with van der Waals surface area (Å²) in [4.78, 5) is 18.6. The first-order chi connectivity index (χ1) is 13.6. The van der Waals surface area contributed by atoms with Crippen molar-refractivity contribution in [1.82, 2.24) is 14.7 Å². The van der Waals surface area contributed by atoms with Crippen LogP contribution in [0.15, 0.2) is 66.9 Å². The molecular weight excluding hydrogens is 373 g/mol. The molecular formula is C22H18FN3OS. The fourth-order valence-electron chi connectivity index (χ4n) is 2.88. The zero-order valence-corrected chi connectivity index (χ0v) is 16.0. The maximum absolute atomic E-state index is 13.1. The molecule has 2 aromatic heterocycles. The summed E-state index contributed by atoms with van der Waals surface area (Å²) in [5, 5.41) is 2.92. The molecule has 2 aromatic carbocycles. The summed E-state index contributed by atoms with van der Waals surface area (Å²) in [6.45, 7) is 2.45. The van der Waals surface area contributed by atoms with Crippen LogP contribution < -0.4 is 5.32 Å². The highest BCUT2D eigenvalue weighted by Gasteiger charge is 2.13. The van der Waals surface area contributed by atoms with E-state index < -0.39 is 0 Å². The van der Waals surface area contributed by atoms with Crippen LogP contribution in [0.5, 0.6) is 0 Å². The van der Waals surface area contributed by atoms with Crippen LogP contribution in [-0.4, -0.2) is 15.3 Å². The molecule has 4 aromatic rings. The van der Waals surface area contributed by atoms with Crippen LogP contribution in [0.25, 0.3) is 22.3 Å². The average molecular weight is 391 g/mol. The van der Waals surface area contributed by atoms with Crippen molar-refractivity contribution in [2.24, 2.45) is 0 Å². The van der Waals surface area contributed by atoms with Gasteiger partial charge in [0.05, 0.1) is 12.2 Å². The molecule has 6 heteroatoms. The van der Waals surface area contributed by atoms with Crippen molar-refractivity contribution in [1.29, 1.82) is 0 Å². The Balaban J connectivity index is 1.45. The second kappa shape index (κ2) is 7.78. The zero-order valence-electron chi connectivity index (χ0n) is 15.2. The predicted molar refractivity (Wildman–Crippen MR) is 111 cm³/mol. The highest BCUT2D eigenvalue weighted by atomic mass is 32.1. The van der Waals surface area contributed by atoms with Crippen LogP contribution in [0.1, 0.15) is 16.1 Å². The van der Waals surface area contributed by atoms with E-state index in [9.17, 15) is 9.18 Å². The number of rotatable bonds is 5. The molecule has 0 fully saturated rings. The summed E-state index contributed by atoms with van der Waals surface area (Å²) >= 11 is 1.54. The van der Waals surface area contributed by atoms with Crippen molar-refractivity contribution >= 4 is 28.3 Å². The van der Waals surface area contributed by atoms with Crippen LogP contribution in [0, 0.1) is 12.7 Å². The second-order valence-electron chi connectivity index (χ2n) is 6.36. The van der Waals surface area contributed by atoms with E-state index in [0.717, 1.165) is 32.4 Å². The Hall–Kier alpha value is -3.25. The first-order valence-corrected chi connectivity index (χ1v) is 9.66. The van der Waals surface area contributed by atoms with Gasteiger partial charge in [-0.1, -0.05) is 41.7 Å². The predicted octanol–water partition coefficient (Wildman–Crippen LogP) is 4.84. The van der Waals surface area contributed by atoms with Gasteiger partial charge < -0.3 is 5.32 Å². The summed E-state index contributed by atoms with van der Waals surface area (Å²) in [7, 11) is 0. The summed E-state index contributed by atoms with van der Waals surface area (Å²) < 4.78 is 15.1. The molecule has 0 radical (unpaired) electrons. The minimum atomic E-state index is -0.264. The number of benzene rings is 2. The van der Waals surface area contributed by atoms with Crippen molar-refractivity contribution in [3.05, 3.63) is 88.8 Å². The van der Waals surface area contributed by atoms with Gasteiger partial charge >= 0.3 is 0 Å². The van der Waals surface area contributed by atoms with Gasteiger partial charge in [-0.15, -0.1) is 0 Å². The van der Waals surface area contributed by atoms with Crippen LogP contribution in [0.4, 0.5) is 4.39 Å². The standard InChI is InChI=1S/C22H18FN3OS/c1-15-20(13-24-21(27)12-7-16-5-3-2-4-6-16)28-22-25-19(14-26(15)22)17-8-10-18(23)11-9-17/h2-12,14H,13H2,1H3,(H,24,27)/b12-7+. The maximum atomic E-state index is 13.1. The lowest BCUT2D eigenvalue weighted by Crippen LogP contribution is -2.20. The first kappa shape index (κ1) is 18.1. The molecule has 28 heavy (non-hydrogen) atoms. The first-order valence-electron chi connectivity index (χ1n) is 8.84. The Morgan fingerprint density at radius 3 is 2.64 bits per heavy atom. The van der Waals surface area contributed by atoms with Gasteiger partial charge in [0.25, 0.3) is 0 Å². The van der Waals surface area contributed by atoms with E-state index in [1.54, 1.807) is 18.2 Å². The van der Waals surface area contributed by atoms with Gasteiger partial charge in [-0.05, 0) is 42.8 Å². The van der Waals surface area contributed by atoms with Gasteiger partial charge in [-0.2, -0.15) is 0 Å². The molecule has 0 unspecified atom stereocenters. The average Bonchev–Trinajstić information content (AvgIpc) is 3.25. The van der Waals surface area contributed by atoms with Gasteiger partial charge in [0.1, 0.15) is 5.82 Å². The van der Waals surface area contributed by atoms with E-state index >= 15 is 0 Å². The summed E-state index contributed by atoms with van der Waals surface area (Å²) in [6, 6.07) is 16.0. The summed E-state index contributed by atoms with van der Waals surface area (Å²) in [5.74, 6) is -0.401. The van der Waals surface area contributed by atoms with Crippen LogP contribution >= 0.6 is 11.3 Å². The number of thiazole rings is 1. The molecule has 0 aliphatic carbocycles. The zero-order chi connectivity index (χ0) is 19.5. The largest absolute Gasteiger partial charge is 0.348 e. The van der Waals surface area contributed by atoms with Crippen molar-refractivity contribution < 1.29 is 9.18 Å². The highest BCUT2D eigenvalue weighted by Crippen LogP contribution is 2.27. The molecule has 140 valence electrons. The summed E-state index contributed by atoms with van der Waals surface area (Å²) in [6.07, 6.45) is 5.27. The van der Waals surface area contributed by atoms with Gasteiger partial charge in [-0.25, -0.2) is 9.37 Å². The Morgan fingerprint density at radius 2 is 1.93 bits per heavy atom. The van der Waals surface area contributed by atoms with Crippen LogP contribution in [-0.2, 0) is 11.3 Å². The Bertz CT molecular complexity index is 1140. The molecule has 0 aliphatic rings. The number of carbonyl (C=O) groups is 1. The number of aryl methyl sites for hydroxylation is 1. The molecule has 1 N–H and O–H groups in total. The number of hydrogen-bond acceptors (Lipinski definition) is 3. The molecule has 2 heterocycles. The van der Waals surface area contributed by atoms with Gasteiger partial charge in [0.2, 0.25) is 5.91 Å². The van der Waals surface area contributed by atoms with Gasteiger partial charge in [0, 0.05) is 28.4 Å². The molecule has 0 spiro atoms. The smallest absolute Gasteiger partial charge is 0.244 e. The number of carbonyl (C=O) groups excluding carboxylic acids is 1. The third-order valence-electron chi connectivity index (χ3n) is 4.44. The van der Waals surface area contributed by atoms with Crippen molar-refractivity contribution in [3.8, 4) is 11.3 Å². The SMILES string of the molecule is Cc1c(CNC(=O)/C=C/c2ccccc2)sc2nc(-c3ccc(F)cc3)cn12. The molecule has 0 saturated carbocycles. The molecule has 1 amide bonds. The third-order valence-corrected chi connectivity index (χ3v) is 5.60. The maximum Gasteiger partial charge on any atom is 0.244 e. The fraction of sp³-hybridized carbons (Fsp3) is 0.0909. The number of nitrogens with one attached hydrogen (secondary N) is 1. The van der Waals surface area contributed by atoms with Gasteiger partial charge in [-0.3, -0.25) is 9.20 Å². The molecule has 0 atom stereocenters. The number of hydrogen-bond donors (Lipinski definition) is 1. The number of amides is 1. The molecule has 0 aliphatic heterocycles. The lowest BCUT2D eigenvalue weighted by Gasteiger charge is -2.01. The number of fused-ring (bicyclic) bond motifs is 1. The Labute approximate surface area is 166 Å². The van der Waals surface area contributed by atoms with Crippen molar-refractivity contribution in [2.45, 2.75) is 13.5 Å². The minimum absolute atomic E-state index is 0.138. The Morgan fingerprint density at radius 1 is 1.18 bits per heavy atom. The molecule has 0 saturated heterocycles.